The van der Waals surface area contributed by atoms with Crippen molar-refractivity contribution in [3.63, 3.8) is 0 Å². The lowest BCUT2D eigenvalue weighted by atomic mass is 9.62. The number of aromatic nitrogens is 4. The Labute approximate surface area is 192 Å². The molecule has 0 amide bonds. The largest absolute Gasteiger partial charge is 0.350 e. The number of aliphatic imine (C=N–C) groups is 1. The van der Waals surface area contributed by atoms with Crippen LogP contribution in [-0.4, -0.2) is 50.9 Å². The number of aryl methyl sites for hydroxylation is 1. The van der Waals surface area contributed by atoms with Gasteiger partial charge < -0.3 is 10.6 Å². The van der Waals surface area contributed by atoms with Gasteiger partial charge in [0.05, 0.1) is 28.8 Å². The third-order valence-electron chi connectivity index (χ3n) is 6.10. The zero-order chi connectivity index (χ0) is 23.6. The first-order valence-corrected chi connectivity index (χ1v) is 11.4. The predicted molar refractivity (Wildman–Crippen MR) is 128 cm³/mol. The van der Waals surface area contributed by atoms with Crippen molar-refractivity contribution in [3.8, 4) is 11.3 Å². The molecule has 5 rings (SSSR count). The Kier molecular flexibility index (Phi) is 6.69. The standard InChI is InChI=1S/C21H25N7.C3H6F2/c1-13(2)24-17-4-5-18(25-14(17)3)16-6-7-28-19(16)10-23-20(27-28)26-15-8-21(9-15)11-22-12-21;1-2-3(4)5/h4-7,10,15,22H,8-9,11-12H2,1-3H3,(H,26,27);3H,2H2,1H3. The number of nitrogens with one attached hydrogen (secondary N) is 2. The summed E-state index contributed by atoms with van der Waals surface area (Å²) in [4.78, 5) is 13.8. The monoisotopic (exact) mass is 455 g/mol. The lowest BCUT2D eigenvalue weighted by Crippen LogP contribution is -2.63. The Morgan fingerprint density at radius 3 is 2.58 bits per heavy atom. The molecule has 0 aromatic carbocycles. The van der Waals surface area contributed by atoms with Gasteiger partial charge in [-0.25, -0.2) is 18.3 Å². The summed E-state index contributed by atoms with van der Waals surface area (Å²) in [6.07, 6.45) is 4.11. The van der Waals surface area contributed by atoms with Crippen LogP contribution in [0.25, 0.3) is 16.8 Å². The molecule has 4 heterocycles. The van der Waals surface area contributed by atoms with Crippen LogP contribution in [0.15, 0.2) is 35.6 Å². The predicted octanol–water partition coefficient (Wildman–Crippen LogP) is 5.04. The summed E-state index contributed by atoms with van der Waals surface area (Å²) in [6.45, 7) is 9.73. The van der Waals surface area contributed by atoms with E-state index in [2.05, 4.69) is 25.7 Å². The molecule has 2 fully saturated rings. The van der Waals surface area contributed by atoms with Gasteiger partial charge in [0.2, 0.25) is 12.4 Å². The summed E-state index contributed by atoms with van der Waals surface area (Å²) in [7, 11) is 0. The molecule has 3 aromatic heterocycles. The zero-order valence-corrected chi connectivity index (χ0v) is 19.6. The Morgan fingerprint density at radius 2 is 2.00 bits per heavy atom. The number of rotatable bonds is 5. The second-order valence-electron chi connectivity index (χ2n) is 9.15. The van der Waals surface area contributed by atoms with E-state index in [-0.39, 0.29) is 6.42 Å². The van der Waals surface area contributed by atoms with Crippen molar-refractivity contribution < 1.29 is 8.78 Å². The minimum Gasteiger partial charge on any atom is -0.350 e. The molecule has 0 unspecified atom stereocenters. The van der Waals surface area contributed by atoms with Crippen LogP contribution in [0.5, 0.6) is 0 Å². The van der Waals surface area contributed by atoms with Crippen LogP contribution < -0.4 is 10.6 Å². The van der Waals surface area contributed by atoms with Crippen molar-refractivity contribution in [2.45, 2.75) is 59.4 Å². The maximum absolute atomic E-state index is 10.8. The van der Waals surface area contributed by atoms with Crippen LogP contribution >= 0.6 is 0 Å². The van der Waals surface area contributed by atoms with E-state index in [0.717, 1.165) is 47.0 Å². The highest BCUT2D eigenvalue weighted by Gasteiger charge is 2.48. The van der Waals surface area contributed by atoms with Crippen molar-refractivity contribution in [2.75, 3.05) is 18.4 Å². The summed E-state index contributed by atoms with van der Waals surface area (Å²) in [6, 6.07) is 6.56. The van der Waals surface area contributed by atoms with Crippen molar-refractivity contribution in [1.82, 2.24) is 24.9 Å². The minimum atomic E-state index is -2.12. The topological polar surface area (TPSA) is 79.5 Å². The van der Waals surface area contributed by atoms with Crippen LogP contribution in [0, 0.1) is 12.3 Å². The lowest BCUT2D eigenvalue weighted by molar-refractivity contribution is 0.0467. The maximum Gasteiger partial charge on any atom is 0.241 e. The van der Waals surface area contributed by atoms with E-state index >= 15 is 0 Å². The molecular weight excluding hydrogens is 424 g/mol. The lowest BCUT2D eigenvalue weighted by Gasteiger charge is -2.54. The number of alkyl halides is 2. The molecule has 3 aromatic rings. The fourth-order valence-electron chi connectivity index (χ4n) is 4.28. The second kappa shape index (κ2) is 9.51. The Bertz CT molecular complexity index is 1140. The molecule has 9 heteroatoms. The highest BCUT2D eigenvalue weighted by atomic mass is 19.3. The van der Waals surface area contributed by atoms with Gasteiger partial charge in [-0.2, -0.15) is 0 Å². The fourth-order valence-corrected chi connectivity index (χ4v) is 4.28. The molecule has 0 bridgehead atoms. The third-order valence-corrected chi connectivity index (χ3v) is 6.10. The van der Waals surface area contributed by atoms with Gasteiger partial charge >= 0.3 is 0 Å². The molecule has 1 saturated heterocycles. The highest BCUT2D eigenvalue weighted by Crippen LogP contribution is 2.45. The molecule has 0 radical (unpaired) electrons. The molecule has 33 heavy (non-hydrogen) atoms. The summed E-state index contributed by atoms with van der Waals surface area (Å²) in [5.41, 5.74) is 6.28. The Morgan fingerprint density at radius 1 is 1.27 bits per heavy atom. The third kappa shape index (κ3) is 5.19. The van der Waals surface area contributed by atoms with E-state index in [4.69, 9.17) is 4.98 Å². The van der Waals surface area contributed by atoms with Crippen LogP contribution in [0.1, 0.15) is 45.7 Å². The van der Waals surface area contributed by atoms with Crippen molar-refractivity contribution in [3.05, 3.63) is 36.3 Å². The van der Waals surface area contributed by atoms with Crippen LogP contribution in [0.4, 0.5) is 20.4 Å². The summed E-state index contributed by atoms with van der Waals surface area (Å²) in [5.74, 6) is 0.689. The number of nitrogens with zero attached hydrogens (tertiary/aromatic N) is 5. The normalized spacial score (nSPS) is 16.7. The van der Waals surface area contributed by atoms with E-state index in [9.17, 15) is 8.78 Å². The number of pyridine rings is 1. The van der Waals surface area contributed by atoms with Gasteiger partial charge in [-0.05, 0) is 57.2 Å². The quantitative estimate of drug-likeness (QED) is 0.527. The van der Waals surface area contributed by atoms with Crippen LogP contribution in [0.3, 0.4) is 0 Å². The van der Waals surface area contributed by atoms with E-state index in [1.807, 2.05) is 55.9 Å². The summed E-state index contributed by atoms with van der Waals surface area (Å²) < 4.78 is 23.4. The molecule has 1 aliphatic heterocycles. The Hall–Kier alpha value is -2.94. The first kappa shape index (κ1) is 23.2. The molecule has 1 aliphatic carbocycles. The van der Waals surface area contributed by atoms with E-state index in [1.165, 1.54) is 19.8 Å². The molecule has 176 valence electrons. The zero-order valence-electron chi connectivity index (χ0n) is 19.6. The first-order valence-electron chi connectivity index (χ1n) is 11.4. The number of anilines is 1. The van der Waals surface area contributed by atoms with Crippen LogP contribution in [0.2, 0.25) is 0 Å². The first-order chi connectivity index (χ1) is 15.8. The highest BCUT2D eigenvalue weighted by molar-refractivity contribution is 5.83. The van der Waals surface area contributed by atoms with Gasteiger partial charge in [0.15, 0.2) is 0 Å². The van der Waals surface area contributed by atoms with E-state index in [0.29, 0.717) is 17.4 Å². The average molecular weight is 456 g/mol. The van der Waals surface area contributed by atoms with Gasteiger partial charge in [-0.15, -0.1) is 5.10 Å². The van der Waals surface area contributed by atoms with E-state index in [1.54, 1.807) is 0 Å². The van der Waals surface area contributed by atoms with Gasteiger partial charge in [-0.1, -0.05) is 6.92 Å². The molecule has 2 aliphatic rings. The number of hydrogen-bond donors (Lipinski definition) is 2. The van der Waals surface area contributed by atoms with Crippen molar-refractivity contribution >= 4 is 22.9 Å². The molecule has 1 spiro atoms. The maximum atomic E-state index is 10.8. The Balaban J connectivity index is 0.000000471. The molecule has 0 atom stereocenters. The molecular formula is C24H31F2N7. The smallest absolute Gasteiger partial charge is 0.241 e. The average Bonchev–Trinajstić information content (AvgIpc) is 3.14. The SMILES string of the molecule is CC(C)=Nc1ccc(-c2ccn3nc(NC4CC5(CNC5)C4)ncc23)nc1C.CCC(F)F. The summed E-state index contributed by atoms with van der Waals surface area (Å²) >= 11 is 0. The van der Waals surface area contributed by atoms with Crippen LogP contribution in [-0.2, 0) is 0 Å². The number of fused-ring (bicyclic) bond motifs is 1. The van der Waals surface area contributed by atoms with Crippen molar-refractivity contribution in [2.24, 2.45) is 10.4 Å². The molecule has 1 saturated carbocycles. The van der Waals surface area contributed by atoms with Crippen molar-refractivity contribution in [1.29, 1.82) is 0 Å². The number of halogens is 2. The van der Waals surface area contributed by atoms with Gasteiger partial charge in [0.25, 0.3) is 0 Å². The fraction of sp³-hybridized carbons (Fsp3) is 0.500. The minimum absolute atomic E-state index is 0.0278. The second-order valence-corrected chi connectivity index (χ2v) is 9.15. The number of hydrogen-bond acceptors (Lipinski definition) is 6. The van der Waals surface area contributed by atoms with Gasteiger partial charge in [0.1, 0.15) is 0 Å². The summed E-state index contributed by atoms with van der Waals surface area (Å²) in [5, 5.41) is 11.5. The molecule has 7 nitrogen and oxygen atoms in total. The van der Waals surface area contributed by atoms with Gasteiger partial charge in [0, 0.05) is 43.0 Å². The molecule has 2 N–H and O–H groups in total. The van der Waals surface area contributed by atoms with Gasteiger partial charge in [-0.3, -0.25) is 9.98 Å². The van der Waals surface area contributed by atoms with E-state index < -0.39 is 6.43 Å².